The predicted octanol–water partition coefficient (Wildman–Crippen LogP) is 2.70. The molecule has 2 aliphatic rings. The average Bonchev–Trinajstić information content (AvgIpc) is 3.25. The van der Waals surface area contributed by atoms with Gasteiger partial charge in [0.25, 0.3) is 5.91 Å². The number of carbonyl (C=O) groups excluding carboxylic acids is 1. The molecule has 0 spiro atoms. The van der Waals surface area contributed by atoms with Crippen LogP contribution >= 0.6 is 11.3 Å². The highest BCUT2D eigenvalue weighted by Gasteiger charge is 2.35. The first-order valence-corrected chi connectivity index (χ1v) is 9.36. The summed E-state index contributed by atoms with van der Waals surface area (Å²) in [7, 11) is 0. The van der Waals surface area contributed by atoms with Crippen molar-refractivity contribution in [3.63, 3.8) is 0 Å². The number of ether oxygens (including phenoxy) is 1. The minimum Gasteiger partial charge on any atom is -0.459 e. The smallest absolute Gasteiger partial charge is 0.289 e. The molecule has 0 aliphatic carbocycles. The number of rotatable bonds is 3. The number of carbonyl (C=O) groups is 1. The molecule has 2 aromatic heterocycles. The maximum absolute atomic E-state index is 12.5. The average molecular weight is 346 g/mol. The van der Waals surface area contributed by atoms with E-state index < -0.39 is 0 Å². The lowest BCUT2D eigenvalue weighted by molar-refractivity contribution is -0.0239. The third-order valence-corrected chi connectivity index (χ3v) is 5.77. The van der Waals surface area contributed by atoms with Crippen molar-refractivity contribution in [1.82, 2.24) is 9.80 Å². The number of fused-ring (bicyclic) bond motifs is 1. The Morgan fingerprint density at radius 1 is 1.25 bits per heavy atom. The molecule has 0 unspecified atom stereocenters. The maximum atomic E-state index is 12.5. The fourth-order valence-corrected chi connectivity index (χ4v) is 4.37. The molecule has 2 aliphatic heterocycles. The molecule has 0 N–H and O–H groups in total. The van der Waals surface area contributed by atoms with Crippen molar-refractivity contribution < 1.29 is 13.9 Å². The molecule has 0 saturated carbocycles. The van der Waals surface area contributed by atoms with E-state index in [0.717, 1.165) is 32.6 Å². The van der Waals surface area contributed by atoms with Gasteiger partial charge in [0.05, 0.1) is 19.0 Å². The summed E-state index contributed by atoms with van der Waals surface area (Å²) in [6.07, 6.45) is 2.83. The highest BCUT2D eigenvalue weighted by atomic mass is 32.1. The Morgan fingerprint density at radius 3 is 3.00 bits per heavy atom. The van der Waals surface area contributed by atoms with E-state index in [0.29, 0.717) is 24.8 Å². The van der Waals surface area contributed by atoms with Gasteiger partial charge in [0.2, 0.25) is 0 Å². The van der Waals surface area contributed by atoms with Crippen LogP contribution in [0.15, 0.2) is 40.3 Å². The first-order valence-electron chi connectivity index (χ1n) is 8.49. The van der Waals surface area contributed by atoms with Crippen molar-refractivity contribution in [2.24, 2.45) is 5.92 Å². The first-order chi connectivity index (χ1) is 11.8. The van der Waals surface area contributed by atoms with Crippen LogP contribution in [0.4, 0.5) is 0 Å². The van der Waals surface area contributed by atoms with Gasteiger partial charge in [-0.15, -0.1) is 11.3 Å². The van der Waals surface area contributed by atoms with Gasteiger partial charge in [0.15, 0.2) is 5.76 Å². The van der Waals surface area contributed by atoms with E-state index in [9.17, 15) is 4.79 Å². The topological polar surface area (TPSA) is 45.9 Å². The largest absolute Gasteiger partial charge is 0.459 e. The molecule has 6 heteroatoms. The summed E-state index contributed by atoms with van der Waals surface area (Å²) in [5.41, 5.74) is 0. The number of amides is 1. The zero-order chi connectivity index (χ0) is 16.4. The van der Waals surface area contributed by atoms with Crippen molar-refractivity contribution in [2.45, 2.75) is 19.1 Å². The quantitative estimate of drug-likeness (QED) is 0.857. The van der Waals surface area contributed by atoms with Crippen molar-refractivity contribution >= 4 is 17.2 Å². The Bertz CT molecular complexity index is 656. The second-order valence-corrected chi connectivity index (χ2v) is 7.53. The highest BCUT2D eigenvalue weighted by molar-refractivity contribution is 7.09. The molecule has 2 aromatic rings. The Balaban J connectivity index is 1.38. The number of hydrogen-bond donors (Lipinski definition) is 0. The predicted molar refractivity (Wildman–Crippen MR) is 92.1 cm³/mol. The van der Waals surface area contributed by atoms with Crippen LogP contribution in [0.1, 0.15) is 21.9 Å². The van der Waals surface area contributed by atoms with Gasteiger partial charge in [0, 0.05) is 37.0 Å². The van der Waals surface area contributed by atoms with E-state index >= 15 is 0 Å². The van der Waals surface area contributed by atoms with Gasteiger partial charge in [-0.25, -0.2) is 0 Å². The summed E-state index contributed by atoms with van der Waals surface area (Å²) in [6.45, 7) is 5.00. The SMILES string of the molecule is O=C(c1ccco1)N1CCO[C@@H]2CN(Cc3cccs3)CC[C@@H]2C1. The molecule has 0 aromatic carbocycles. The molecule has 4 rings (SSSR count). The van der Waals surface area contributed by atoms with Gasteiger partial charge in [-0.3, -0.25) is 9.69 Å². The van der Waals surface area contributed by atoms with E-state index in [1.807, 2.05) is 16.2 Å². The van der Waals surface area contributed by atoms with Gasteiger partial charge in [0.1, 0.15) is 0 Å². The second-order valence-electron chi connectivity index (χ2n) is 6.50. The van der Waals surface area contributed by atoms with Crippen LogP contribution in [0.25, 0.3) is 0 Å². The van der Waals surface area contributed by atoms with E-state index in [1.54, 1.807) is 18.4 Å². The van der Waals surface area contributed by atoms with Gasteiger partial charge in [-0.1, -0.05) is 6.07 Å². The van der Waals surface area contributed by atoms with E-state index in [2.05, 4.69) is 22.4 Å². The van der Waals surface area contributed by atoms with Crippen LogP contribution < -0.4 is 0 Å². The lowest BCUT2D eigenvalue weighted by atomic mass is 9.93. The number of furan rings is 1. The van der Waals surface area contributed by atoms with Crippen LogP contribution in [-0.2, 0) is 11.3 Å². The number of nitrogens with zero attached hydrogens (tertiary/aromatic N) is 2. The molecular formula is C18H22N2O3S. The molecule has 5 nitrogen and oxygen atoms in total. The van der Waals surface area contributed by atoms with Gasteiger partial charge in [-0.05, 0) is 36.5 Å². The lowest BCUT2D eigenvalue weighted by Gasteiger charge is -2.37. The van der Waals surface area contributed by atoms with E-state index in [1.165, 1.54) is 4.88 Å². The van der Waals surface area contributed by atoms with Crippen LogP contribution in [0.2, 0.25) is 0 Å². The third kappa shape index (κ3) is 3.41. The molecule has 24 heavy (non-hydrogen) atoms. The van der Waals surface area contributed by atoms with Crippen LogP contribution in [0, 0.1) is 5.92 Å². The van der Waals surface area contributed by atoms with Crippen molar-refractivity contribution in [3.8, 4) is 0 Å². The summed E-state index contributed by atoms with van der Waals surface area (Å²) in [4.78, 5) is 18.3. The minimum absolute atomic E-state index is 0.0229. The highest BCUT2D eigenvalue weighted by Crippen LogP contribution is 2.26. The lowest BCUT2D eigenvalue weighted by Crippen LogP contribution is -2.47. The monoisotopic (exact) mass is 346 g/mol. The zero-order valence-corrected chi connectivity index (χ0v) is 14.4. The molecule has 0 bridgehead atoms. The zero-order valence-electron chi connectivity index (χ0n) is 13.6. The van der Waals surface area contributed by atoms with Gasteiger partial charge >= 0.3 is 0 Å². The molecule has 2 fully saturated rings. The van der Waals surface area contributed by atoms with Crippen LogP contribution in [0.5, 0.6) is 0 Å². The normalized spacial score (nSPS) is 25.2. The number of hydrogen-bond acceptors (Lipinski definition) is 5. The van der Waals surface area contributed by atoms with Gasteiger partial charge in [-0.2, -0.15) is 0 Å². The molecule has 128 valence electrons. The summed E-state index contributed by atoms with van der Waals surface area (Å²) in [6, 6.07) is 7.78. The Morgan fingerprint density at radius 2 is 2.21 bits per heavy atom. The number of thiophene rings is 1. The molecule has 1 amide bonds. The first kappa shape index (κ1) is 15.9. The Labute approximate surface area is 145 Å². The van der Waals surface area contributed by atoms with Crippen molar-refractivity contribution in [3.05, 3.63) is 46.5 Å². The van der Waals surface area contributed by atoms with Crippen molar-refractivity contribution in [2.75, 3.05) is 32.8 Å². The van der Waals surface area contributed by atoms with Gasteiger partial charge < -0.3 is 14.1 Å². The standard InChI is InChI=1S/C18H22N2O3S/c21-18(16-4-1-8-22-16)20-7-9-23-17-13-19(6-5-14(17)11-20)12-15-3-2-10-24-15/h1-4,8,10,14,17H,5-7,9,11-13H2/t14-,17-/m1/s1. The van der Waals surface area contributed by atoms with Crippen LogP contribution in [0.3, 0.4) is 0 Å². The number of likely N-dealkylation sites (tertiary alicyclic amines) is 1. The van der Waals surface area contributed by atoms with Crippen molar-refractivity contribution in [1.29, 1.82) is 0 Å². The fourth-order valence-electron chi connectivity index (χ4n) is 3.62. The second kappa shape index (κ2) is 7.09. The maximum Gasteiger partial charge on any atom is 0.289 e. The molecular weight excluding hydrogens is 324 g/mol. The van der Waals surface area contributed by atoms with E-state index in [4.69, 9.17) is 9.15 Å². The Hall–Kier alpha value is -1.63. The molecule has 2 atom stereocenters. The Kier molecular flexibility index (Phi) is 4.69. The third-order valence-electron chi connectivity index (χ3n) is 4.91. The molecule has 0 radical (unpaired) electrons. The summed E-state index contributed by atoms with van der Waals surface area (Å²) < 4.78 is 11.4. The van der Waals surface area contributed by atoms with Crippen LogP contribution in [-0.4, -0.2) is 54.6 Å². The number of piperidine rings is 1. The molecule has 2 saturated heterocycles. The fraction of sp³-hybridized carbons (Fsp3) is 0.500. The minimum atomic E-state index is -0.0229. The summed E-state index contributed by atoms with van der Waals surface area (Å²) in [5.74, 6) is 0.805. The summed E-state index contributed by atoms with van der Waals surface area (Å²) >= 11 is 1.81. The summed E-state index contributed by atoms with van der Waals surface area (Å²) in [5, 5.41) is 2.13. The van der Waals surface area contributed by atoms with E-state index in [-0.39, 0.29) is 12.0 Å². The molecule has 4 heterocycles.